The number of carboxylic acid groups (broad SMARTS) is 2. The van der Waals surface area contributed by atoms with Crippen LogP contribution in [0, 0.1) is 0 Å². The Balaban J connectivity index is 0.0000130. The summed E-state index contributed by atoms with van der Waals surface area (Å²) in [7, 11) is 3.57. The van der Waals surface area contributed by atoms with Crippen LogP contribution in [-0.4, -0.2) is 430 Å². The molecule has 6 aliphatic heterocycles. The smallest absolute Gasteiger partial charge is 0.547 e. The fourth-order valence-electron chi connectivity index (χ4n) is 13.2. The summed E-state index contributed by atoms with van der Waals surface area (Å²) in [5.41, 5.74) is 0. The molecule has 0 aromatic rings. The van der Waals surface area contributed by atoms with Gasteiger partial charge in [-0.25, -0.2) is 0 Å². The van der Waals surface area contributed by atoms with E-state index in [9.17, 15) is 101 Å². The van der Waals surface area contributed by atoms with Crippen molar-refractivity contribution in [3.63, 3.8) is 0 Å². The Kier molecular flexibility index (Phi) is 47.6. The van der Waals surface area contributed by atoms with E-state index < -0.39 is 238 Å². The number of hydrogen-bond donors (Lipinski definition) is 16. The number of aliphatic hydroxyl groups is 14. The van der Waals surface area contributed by atoms with Crippen LogP contribution in [0.15, 0.2) is 0 Å². The molecule has 0 aliphatic carbocycles. The second kappa shape index (κ2) is 51.9. The number of aliphatic carboxylic acids is 2. The predicted molar refractivity (Wildman–Crippen MR) is 355 cm³/mol. The van der Waals surface area contributed by atoms with Gasteiger partial charge in [-0.05, 0) is 46.0 Å². The van der Waals surface area contributed by atoms with E-state index in [-0.39, 0.29) is 158 Å². The maximum absolute atomic E-state index is 12.5. The van der Waals surface area contributed by atoms with Gasteiger partial charge in [-0.1, -0.05) is 6.92 Å². The molecule has 636 valence electrons. The summed E-state index contributed by atoms with van der Waals surface area (Å²) < 4.78 is 113. The molecule has 16 N–H and O–H groups in total. The number of amides is 2. The van der Waals surface area contributed by atoms with Gasteiger partial charge in [0.15, 0.2) is 18.9 Å². The molecule has 0 aromatic carbocycles. The number of carbonyl (C=O) groups is 4. The maximum Gasteiger partial charge on any atom is 1.00 e. The molecule has 0 spiro atoms. The molecular formula is C67H116N2Na2O40. The Morgan fingerprint density at radius 1 is 0.378 bits per heavy atom. The van der Waals surface area contributed by atoms with E-state index in [1.54, 1.807) is 20.8 Å². The Morgan fingerprint density at radius 3 is 1.18 bits per heavy atom. The molecular weight excluding hydrogens is 1520 g/mol. The largest absolute Gasteiger partial charge is 1.00 e. The van der Waals surface area contributed by atoms with Crippen LogP contribution in [0.4, 0.5) is 0 Å². The van der Waals surface area contributed by atoms with Gasteiger partial charge in [0, 0.05) is 61.6 Å². The van der Waals surface area contributed by atoms with Crippen LogP contribution in [0.5, 0.6) is 0 Å². The molecule has 6 fully saturated rings. The van der Waals surface area contributed by atoms with Crippen LogP contribution < -0.4 is 80.0 Å². The number of methoxy groups -OCH3 is 3. The van der Waals surface area contributed by atoms with E-state index in [2.05, 4.69) is 10.6 Å². The molecule has 0 saturated carbocycles. The van der Waals surface area contributed by atoms with Crippen LogP contribution in [0.25, 0.3) is 0 Å². The molecule has 6 aliphatic rings. The first-order valence-corrected chi connectivity index (χ1v) is 36.5. The summed E-state index contributed by atoms with van der Waals surface area (Å²) in [4.78, 5) is 48.8. The molecule has 18 unspecified atom stereocenters. The third-order valence-electron chi connectivity index (χ3n) is 19.0. The first-order chi connectivity index (χ1) is 51.9. The molecule has 34 atom stereocenters. The summed E-state index contributed by atoms with van der Waals surface area (Å²) in [6, 6.07) is -2.19. The molecule has 0 aromatic heterocycles. The van der Waals surface area contributed by atoms with Crippen LogP contribution in [0.1, 0.15) is 66.7 Å². The van der Waals surface area contributed by atoms with Crippen molar-refractivity contribution in [3.05, 3.63) is 0 Å². The van der Waals surface area contributed by atoms with Gasteiger partial charge in [0.2, 0.25) is 11.8 Å². The van der Waals surface area contributed by atoms with Crippen molar-refractivity contribution in [2.24, 2.45) is 0 Å². The topological polar surface area (TPSA) is 606 Å². The van der Waals surface area contributed by atoms with Crippen LogP contribution >= 0.6 is 0 Å². The Hall–Kier alpha value is -1.48. The number of ether oxygens (including phenoxy) is 20. The molecule has 111 heavy (non-hydrogen) atoms. The summed E-state index contributed by atoms with van der Waals surface area (Å²) in [5.74, 6) is -4.69. The SMILES string of the molecule is CC[C@H]1OC(CO[C@H]2OC(COC)[C@@H](OCC(O)COCCCCOCC(O)COCC3OC(C)C(NC(C)=O)[C@@H](O[C@@H]4OC(C(=O)[O-])[C@@H](OC)[C@H](O)C4OCC(O)COCCCCOCC(O)COCC4OC(C)C(NC(C)=O)[C@@H](O[C@@H]5OC(C(=O)[O-])[C@@H](OC)[C@H](O)C5O)[C@@H]4O)[C@@H]3O)[C@H](O)C2O)[C@@H](O)[C@H](O)C1O.[Na+].[Na+]. The van der Waals surface area contributed by atoms with Crippen molar-refractivity contribution in [3.8, 4) is 0 Å². The van der Waals surface area contributed by atoms with E-state index in [4.69, 9.17) is 94.7 Å². The minimum absolute atomic E-state index is 0. The zero-order valence-electron chi connectivity index (χ0n) is 64.4. The van der Waals surface area contributed by atoms with Crippen molar-refractivity contribution in [1.82, 2.24) is 10.6 Å². The van der Waals surface area contributed by atoms with Crippen molar-refractivity contribution in [1.29, 1.82) is 0 Å². The van der Waals surface area contributed by atoms with Gasteiger partial charge in [0.05, 0.1) is 122 Å². The standard InChI is InChI=1S/C67H118N2O40.2Na/c1-9-38-45(76)49(80)46(77)41(104-38)29-101-65-52(83)50(81)55(42(105-65)26-90-6)99-24-36(74)20-95-16-12-10-14-93-19-35(73)23-98-28-40-48(79)57(44(31(3)103-40)69-33(5)71)107-67-60(54(85)59(92-8)62(109-67)64(88)89)100-25-37(75)21-96-17-13-11-15-94-18-34(72)22-97-27-39-47(78)56(43(30(2)102-39)68-32(4)70)106-66-53(84)51(82)58(91-7)61(108-66)63(86)87;;/h30-31,34-62,65-67,72-85H,9-29H2,1-8H3,(H,68,70)(H,69,71)(H,86,87)(H,88,89);;/q;2*+1/p-2/t30?,31?,34?,35?,36?,37?,38-,39?,40?,41?,42?,43?,44?,45?,46-,47-,48-,49-,50-,51-,52?,53?,54+,55-,56-,57-,58+,59+,60?,61?,62?,65+,66-,67-;;/m1../s1. The van der Waals surface area contributed by atoms with Gasteiger partial charge in [0.1, 0.15) is 159 Å². The number of rotatable bonds is 48. The van der Waals surface area contributed by atoms with E-state index in [0.29, 0.717) is 32.1 Å². The third-order valence-corrected chi connectivity index (χ3v) is 19.0. The number of carboxylic acids is 2. The zero-order chi connectivity index (χ0) is 80.3. The van der Waals surface area contributed by atoms with Crippen molar-refractivity contribution in [2.45, 2.75) is 275 Å². The van der Waals surface area contributed by atoms with Gasteiger partial charge < -0.3 is 197 Å². The quantitative estimate of drug-likeness (QED) is 0.0199. The predicted octanol–water partition coefficient (Wildman–Crippen LogP) is -17.6. The Labute approximate surface area is 686 Å². The molecule has 6 rings (SSSR count). The molecule has 2 amide bonds. The molecule has 6 saturated heterocycles. The van der Waals surface area contributed by atoms with Gasteiger partial charge in [0.25, 0.3) is 0 Å². The van der Waals surface area contributed by atoms with Crippen molar-refractivity contribution >= 4 is 23.8 Å². The number of nitrogens with one attached hydrogen (secondary N) is 2. The molecule has 44 heteroatoms. The summed E-state index contributed by atoms with van der Waals surface area (Å²) in [6.45, 7) is 4.48. The Morgan fingerprint density at radius 2 is 0.757 bits per heavy atom. The minimum Gasteiger partial charge on any atom is -0.547 e. The number of hydrogen-bond acceptors (Lipinski definition) is 40. The third kappa shape index (κ3) is 30.6. The number of aliphatic hydroxyl groups excluding tert-OH is 14. The number of carbonyl (C=O) groups excluding carboxylic acids is 4. The monoisotopic (exact) mass is 1630 g/mol. The zero-order valence-corrected chi connectivity index (χ0v) is 68.4. The van der Waals surface area contributed by atoms with Crippen molar-refractivity contribution < 1.29 is 255 Å². The summed E-state index contributed by atoms with van der Waals surface area (Å²) in [6.07, 6.45) is -43.6. The van der Waals surface area contributed by atoms with E-state index in [1.807, 2.05) is 0 Å². The van der Waals surface area contributed by atoms with Crippen LogP contribution in [-0.2, 0) is 114 Å². The fourth-order valence-corrected chi connectivity index (χ4v) is 13.2. The van der Waals surface area contributed by atoms with Crippen molar-refractivity contribution in [2.75, 3.05) is 127 Å². The second-order valence-corrected chi connectivity index (χ2v) is 27.7. The first-order valence-electron chi connectivity index (χ1n) is 36.5. The van der Waals surface area contributed by atoms with E-state index in [0.717, 1.165) is 14.2 Å². The fraction of sp³-hybridized carbons (Fsp3) is 0.940. The molecule has 0 radical (unpaired) electrons. The van der Waals surface area contributed by atoms with Crippen LogP contribution in [0.2, 0.25) is 0 Å². The molecule has 42 nitrogen and oxygen atoms in total. The second-order valence-electron chi connectivity index (χ2n) is 27.7. The van der Waals surface area contributed by atoms with Gasteiger partial charge in [-0.15, -0.1) is 0 Å². The Bertz CT molecular complexity index is 2610. The van der Waals surface area contributed by atoms with E-state index in [1.165, 1.54) is 21.0 Å². The first kappa shape index (κ1) is 102. The van der Waals surface area contributed by atoms with E-state index >= 15 is 0 Å². The number of unbranched alkanes of at least 4 members (excludes halogenated alkanes) is 2. The normalized spacial score (nSPS) is 37.7. The average molecular weight is 1640 g/mol. The average Bonchev–Trinajstić information content (AvgIpc) is 0.782. The van der Waals surface area contributed by atoms with Gasteiger partial charge in [-0.2, -0.15) is 0 Å². The summed E-state index contributed by atoms with van der Waals surface area (Å²) in [5, 5.41) is 181. The molecule has 0 bridgehead atoms. The van der Waals surface area contributed by atoms with Crippen LogP contribution in [0.3, 0.4) is 0 Å². The van der Waals surface area contributed by atoms with Gasteiger partial charge in [-0.3, -0.25) is 9.59 Å². The summed E-state index contributed by atoms with van der Waals surface area (Å²) >= 11 is 0. The molecule has 6 heterocycles. The maximum atomic E-state index is 12.5. The minimum atomic E-state index is -1.95. The van der Waals surface area contributed by atoms with Gasteiger partial charge >= 0.3 is 59.1 Å².